The molecule has 0 aromatic heterocycles. The van der Waals surface area contributed by atoms with Crippen molar-refractivity contribution >= 4 is 29.4 Å². The van der Waals surface area contributed by atoms with Gasteiger partial charge >= 0.3 is 5.97 Å². The summed E-state index contributed by atoms with van der Waals surface area (Å²) >= 11 is 0. The van der Waals surface area contributed by atoms with Gasteiger partial charge in [-0.15, -0.1) is 0 Å². The van der Waals surface area contributed by atoms with Crippen molar-refractivity contribution in [3.63, 3.8) is 0 Å². The van der Waals surface area contributed by atoms with Crippen LogP contribution in [0.1, 0.15) is 12.8 Å². The summed E-state index contributed by atoms with van der Waals surface area (Å²) in [6.07, 6.45) is 4.72. The molecule has 0 spiro atoms. The van der Waals surface area contributed by atoms with E-state index in [4.69, 9.17) is 14.2 Å². The average Bonchev–Trinajstić information content (AvgIpc) is 2.97. The van der Waals surface area contributed by atoms with Crippen LogP contribution in [-0.2, 0) is 23.9 Å². The van der Waals surface area contributed by atoms with Gasteiger partial charge in [0.1, 0.15) is 6.54 Å². The van der Waals surface area contributed by atoms with Gasteiger partial charge < -0.3 is 19.5 Å². The second-order valence-corrected chi connectivity index (χ2v) is 6.70. The van der Waals surface area contributed by atoms with Gasteiger partial charge in [-0.25, -0.2) is 0 Å². The van der Waals surface area contributed by atoms with Gasteiger partial charge in [-0.3, -0.25) is 24.1 Å². The molecule has 29 heavy (non-hydrogen) atoms. The van der Waals surface area contributed by atoms with Crippen LogP contribution in [0.2, 0.25) is 0 Å². The van der Waals surface area contributed by atoms with Gasteiger partial charge in [0.25, 0.3) is 5.91 Å². The fourth-order valence-electron chi connectivity index (χ4n) is 3.46. The molecule has 3 amide bonds. The van der Waals surface area contributed by atoms with Gasteiger partial charge in [0.05, 0.1) is 26.1 Å². The van der Waals surface area contributed by atoms with Crippen LogP contribution in [0.3, 0.4) is 0 Å². The Balaban J connectivity index is 1.50. The predicted octanol–water partition coefficient (Wildman–Crippen LogP) is 1.14. The number of ether oxygens (including phenoxy) is 3. The number of nitrogens with zero attached hydrogens (tertiary/aromatic N) is 1. The van der Waals surface area contributed by atoms with Crippen LogP contribution in [0.5, 0.6) is 11.5 Å². The summed E-state index contributed by atoms with van der Waals surface area (Å²) in [5, 5.41) is 2.57. The number of carbonyl (C=O) groups excluding carboxylic acids is 4. The van der Waals surface area contributed by atoms with E-state index in [1.165, 1.54) is 14.2 Å². The Kier molecular flexibility index (Phi) is 6.16. The molecule has 1 aliphatic carbocycles. The first-order chi connectivity index (χ1) is 13.9. The number of carbonyl (C=O) groups is 4. The highest BCUT2D eigenvalue weighted by molar-refractivity contribution is 6.07. The zero-order valence-electron chi connectivity index (χ0n) is 16.2. The molecule has 9 heteroatoms. The second-order valence-electron chi connectivity index (χ2n) is 6.70. The molecule has 1 aromatic rings. The van der Waals surface area contributed by atoms with Crippen molar-refractivity contribution in [3.05, 3.63) is 30.4 Å². The number of esters is 1. The van der Waals surface area contributed by atoms with Crippen LogP contribution in [0, 0.1) is 11.8 Å². The van der Waals surface area contributed by atoms with Gasteiger partial charge in [-0.1, -0.05) is 12.2 Å². The number of benzene rings is 1. The summed E-state index contributed by atoms with van der Waals surface area (Å²) in [4.78, 5) is 49.7. The molecule has 1 N–H and O–H groups in total. The number of allylic oxidation sites excluding steroid dienone is 2. The van der Waals surface area contributed by atoms with Gasteiger partial charge in [-0.2, -0.15) is 0 Å². The highest BCUT2D eigenvalue weighted by Gasteiger charge is 2.47. The lowest BCUT2D eigenvalue weighted by atomic mass is 9.85. The van der Waals surface area contributed by atoms with Crippen molar-refractivity contribution in [2.75, 3.05) is 32.7 Å². The molecule has 2 atom stereocenters. The van der Waals surface area contributed by atoms with Crippen molar-refractivity contribution in [2.45, 2.75) is 12.8 Å². The molecular weight excluding hydrogens is 380 g/mol. The van der Waals surface area contributed by atoms with Crippen LogP contribution >= 0.6 is 0 Å². The maximum Gasteiger partial charge on any atom is 0.326 e. The van der Waals surface area contributed by atoms with E-state index in [0.717, 1.165) is 4.90 Å². The number of amides is 3. The number of hydrogen-bond donors (Lipinski definition) is 1. The van der Waals surface area contributed by atoms with Crippen LogP contribution in [0.15, 0.2) is 30.4 Å². The summed E-state index contributed by atoms with van der Waals surface area (Å²) in [6.45, 7) is -1.04. The fraction of sp³-hybridized carbons (Fsp3) is 0.400. The smallest absolute Gasteiger partial charge is 0.326 e. The largest absolute Gasteiger partial charge is 0.493 e. The number of likely N-dealkylation sites (tertiary alicyclic amines) is 1. The Morgan fingerprint density at radius 3 is 2.24 bits per heavy atom. The van der Waals surface area contributed by atoms with Crippen LogP contribution in [0.25, 0.3) is 0 Å². The molecule has 0 unspecified atom stereocenters. The van der Waals surface area contributed by atoms with Gasteiger partial charge in [-0.05, 0) is 25.0 Å². The van der Waals surface area contributed by atoms with Crippen molar-refractivity contribution in [3.8, 4) is 11.5 Å². The summed E-state index contributed by atoms with van der Waals surface area (Å²) < 4.78 is 15.2. The summed E-state index contributed by atoms with van der Waals surface area (Å²) in [6, 6.07) is 4.80. The van der Waals surface area contributed by atoms with Crippen LogP contribution in [-0.4, -0.2) is 56.0 Å². The molecule has 154 valence electrons. The van der Waals surface area contributed by atoms with Gasteiger partial charge in [0.15, 0.2) is 18.1 Å². The second kappa shape index (κ2) is 8.76. The zero-order chi connectivity index (χ0) is 21.0. The van der Waals surface area contributed by atoms with Crippen LogP contribution in [0.4, 0.5) is 5.69 Å². The first kappa shape index (κ1) is 20.4. The molecule has 9 nitrogen and oxygen atoms in total. The molecule has 0 radical (unpaired) electrons. The summed E-state index contributed by atoms with van der Waals surface area (Å²) in [5.74, 6) is -1.99. The van der Waals surface area contributed by atoms with E-state index in [9.17, 15) is 19.2 Å². The van der Waals surface area contributed by atoms with E-state index >= 15 is 0 Å². The lowest BCUT2D eigenvalue weighted by Crippen LogP contribution is -2.37. The Morgan fingerprint density at radius 2 is 1.66 bits per heavy atom. The number of rotatable bonds is 7. The molecule has 0 saturated carbocycles. The fourth-order valence-corrected chi connectivity index (χ4v) is 3.46. The normalized spacial score (nSPS) is 20.3. The molecule has 1 aliphatic heterocycles. The topological polar surface area (TPSA) is 111 Å². The monoisotopic (exact) mass is 402 g/mol. The molecule has 1 saturated heterocycles. The summed E-state index contributed by atoms with van der Waals surface area (Å²) in [5.41, 5.74) is 0.435. The van der Waals surface area contributed by atoms with E-state index in [2.05, 4.69) is 5.32 Å². The lowest BCUT2D eigenvalue weighted by molar-refractivity contribution is -0.154. The van der Waals surface area contributed by atoms with Gasteiger partial charge in [0, 0.05) is 11.8 Å². The lowest BCUT2D eigenvalue weighted by Gasteiger charge is -2.14. The third kappa shape index (κ3) is 4.39. The first-order valence-electron chi connectivity index (χ1n) is 9.12. The minimum atomic E-state index is -0.819. The zero-order valence-corrected chi connectivity index (χ0v) is 16.2. The number of methoxy groups -OCH3 is 2. The molecule has 1 heterocycles. The molecule has 2 aliphatic rings. The molecule has 1 aromatic carbocycles. The highest BCUT2D eigenvalue weighted by atomic mass is 16.5. The Bertz CT molecular complexity index is 838. The molecular formula is C20H22N2O7. The van der Waals surface area contributed by atoms with Crippen molar-refractivity contribution in [1.29, 1.82) is 0 Å². The Morgan fingerprint density at radius 1 is 1.03 bits per heavy atom. The third-order valence-corrected chi connectivity index (χ3v) is 4.92. The number of nitrogens with one attached hydrogen (secondary N) is 1. The maximum atomic E-state index is 12.3. The van der Waals surface area contributed by atoms with Crippen molar-refractivity contribution in [2.24, 2.45) is 11.8 Å². The van der Waals surface area contributed by atoms with E-state index in [-0.39, 0.29) is 11.8 Å². The van der Waals surface area contributed by atoms with E-state index < -0.39 is 36.9 Å². The minimum Gasteiger partial charge on any atom is -0.493 e. The SMILES string of the molecule is COc1ccc(NC(=O)COC(=O)CN2C(=O)[C@H]3CC=CC[C@H]3C2=O)cc1OC. The summed E-state index contributed by atoms with van der Waals surface area (Å²) in [7, 11) is 2.97. The van der Waals surface area contributed by atoms with Crippen LogP contribution < -0.4 is 14.8 Å². The maximum absolute atomic E-state index is 12.3. The number of fused-ring (bicyclic) bond motifs is 1. The number of anilines is 1. The van der Waals surface area contributed by atoms with E-state index in [1.807, 2.05) is 12.2 Å². The Labute approximate surface area is 167 Å². The van der Waals surface area contributed by atoms with E-state index in [1.54, 1.807) is 18.2 Å². The highest BCUT2D eigenvalue weighted by Crippen LogP contribution is 2.35. The quantitative estimate of drug-likeness (QED) is 0.413. The van der Waals surface area contributed by atoms with E-state index in [0.29, 0.717) is 30.0 Å². The molecule has 0 bridgehead atoms. The number of imide groups is 1. The molecule has 1 fully saturated rings. The third-order valence-electron chi connectivity index (χ3n) is 4.92. The van der Waals surface area contributed by atoms with Crippen molar-refractivity contribution in [1.82, 2.24) is 4.90 Å². The predicted molar refractivity (Wildman–Crippen MR) is 101 cm³/mol. The number of hydrogen-bond acceptors (Lipinski definition) is 7. The van der Waals surface area contributed by atoms with Gasteiger partial charge in [0.2, 0.25) is 11.8 Å². The first-order valence-corrected chi connectivity index (χ1v) is 9.12. The minimum absolute atomic E-state index is 0.365. The molecule has 3 rings (SSSR count). The standard InChI is InChI=1S/C20H22N2O7/c1-27-15-8-7-12(9-16(15)28-2)21-17(23)11-29-18(24)10-22-19(25)13-5-3-4-6-14(13)20(22)26/h3-4,7-9,13-14H,5-6,10-11H2,1-2H3,(H,21,23)/t13-,14+. The average molecular weight is 402 g/mol. The Hall–Kier alpha value is -3.36. The van der Waals surface area contributed by atoms with Crippen molar-refractivity contribution < 1.29 is 33.4 Å².